The van der Waals surface area contributed by atoms with E-state index in [4.69, 9.17) is 0 Å². The van der Waals surface area contributed by atoms with Gasteiger partial charge in [0.2, 0.25) is 5.91 Å². The molecule has 0 aromatic carbocycles. The second-order valence-corrected chi connectivity index (χ2v) is 14.8. The Hall–Kier alpha value is -0.870. The topological polar surface area (TPSA) is 69.6 Å². The van der Waals surface area contributed by atoms with Gasteiger partial charge in [0.05, 0.1) is 18.8 Å². The van der Waals surface area contributed by atoms with Crippen molar-refractivity contribution < 1.29 is 15.0 Å². The van der Waals surface area contributed by atoms with E-state index in [0.29, 0.717) is 6.42 Å². The maximum Gasteiger partial charge on any atom is 0.220 e. The van der Waals surface area contributed by atoms with Crippen LogP contribution in [0.1, 0.15) is 239 Å². The highest BCUT2D eigenvalue weighted by Gasteiger charge is 2.17. The third-order valence-electron chi connectivity index (χ3n) is 10.0. The molecule has 0 bridgehead atoms. The largest absolute Gasteiger partial charge is 0.394 e. The minimum Gasteiger partial charge on any atom is -0.394 e. The van der Waals surface area contributed by atoms with Crippen LogP contribution in [0.15, 0.2) is 12.2 Å². The van der Waals surface area contributed by atoms with E-state index in [1.165, 1.54) is 193 Å². The molecule has 0 radical (unpaired) electrons. The quantitative estimate of drug-likeness (QED) is 0.0453. The highest BCUT2D eigenvalue weighted by Crippen LogP contribution is 2.16. The first-order valence-electron chi connectivity index (χ1n) is 21.4. The summed E-state index contributed by atoms with van der Waals surface area (Å²) in [5, 5.41) is 22.9. The Morgan fingerprint density at radius 3 is 1.11 bits per heavy atom. The van der Waals surface area contributed by atoms with E-state index in [-0.39, 0.29) is 12.5 Å². The fourth-order valence-corrected chi connectivity index (χ4v) is 6.71. The standard InChI is InChI=1S/C43H85NO3/c1-3-5-7-9-11-13-15-16-17-18-19-20-21-22-23-24-25-26-27-29-31-33-35-37-39-43(47)44-41(40-45)42(46)38-36-34-32-30-28-14-12-10-8-6-4-2/h36,38,41-42,45-46H,3-35,37,39-40H2,1-2H3,(H,44,47)/b38-36+/t41-,42+/m0/s1. The summed E-state index contributed by atoms with van der Waals surface area (Å²) in [4.78, 5) is 12.3. The van der Waals surface area contributed by atoms with Crippen molar-refractivity contribution in [2.75, 3.05) is 6.61 Å². The molecule has 0 aromatic heterocycles. The van der Waals surface area contributed by atoms with E-state index in [1.54, 1.807) is 6.08 Å². The summed E-state index contributed by atoms with van der Waals surface area (Å²) in [6, 6.07) is -0.615. The number of carbonyl (C=O) groups is 1. The number of allylic oxidation sites excluding steroid dienone is 1. The van der Waals surface area contributed by atoms with Crippen molar-refractivity contribution in [3.8, 4) is 0 Å². The van der Waals surface area contributed by atoms with Gasteiger partial charge in [-0.15, -0.1) is 0 Å². The summed E-state index contributed by atoms with van der Waals surface area (Å²) in [5.41, 5.74) is 0. The Bertz CT molecular complexity index is 637. The fraction of sp³-hybridized carbons (Fsp3) is 0.930. The first kappa shape index (κ1) is 46.1. The summed E-state index contributed by atoms with van der Waals surface area (Å²) in [5.74, 6) is -0.0609. The van der Waals surface area contributed by atoms with Gasteiger partial charge in [0.15, 0.2) is 0 Å². The van der Waals surface area contributed by atoms with Crippen molar-refractivity contribution in [3.05, 3.63) is 12.2 Å². The maximum atomic E-state index is 12.3. The van der Waals surface area contributed by atoms with Crippen molar-refractivity contribution in [2.45, 2.75) is 251 Å². The Labute approximate surface area is 295 Å². The lowest BCUT2D eigenvalue weighted by molar-refractivity contribution is -0.123. The second kappa shape index (κ2) is 39.6. The molecule has 0 saturated carbocycles. The molecular weight excluding hydrogens is 578 g/mol. The second-order valence-electron chi connectivity index (χ2n) is 14.8. The molecule has 0 fully saturated rings. The van der Waals surface area contributed by atoms with E-state index >= 15 is 0 Å². The van der Waals surface area contributed by atoms with Gasteiger partial charge < -0.3 is 15.5 Å². The van der Waals surface area contributed by atoms with Crippen molar-refractivity contribution in [1.82, 2.24) is 5.32 Å². The van der Waals surface area contributed by atoms with Crippen molar-refractivity contribution >= 4 is 5.91 Å². The Morgan fingerprint density at radius 2 is 0.787 bits per heavy atom. The van der Waals surface area contributed by atoms with E-state index in [9.17, 15) is 15.0 Å². The summed E-state index contributed by atoms with van der Waals surface area (Å²) in [6.45, 7) is 4.31. The number of nitrogens with one attached hydrogen (secondary N) is 1. The lowest BCUT2D eigenvalue weighted by Gasteiger charge is -2.20. The van der Waals surface area contributed by atoms with Crippen LogP contribution in [0.2, 0.25) is 0 Å². The zero-order valence-electron chi connectivity index (χ0n) is 32.1. The summed E-state index contributed by atoms with van der Waals surface area (Å²) in [6.07, 6.45) is 48.9. The SMILES string of the molecule is CCCCCCCCCCC/C=C/[C@@H](O)[C@H](CO)NC(=O)CCCCCCCCCCCCCCCCCCCCCCCCCC. The summed E-state index contributed by atoms with van der Waals surface area (Å²) >= 11 is 0. The van der Waals surface area contributed by atoms with Gasteiger partial charge in [-0.25, -0.2) is 0 Å². The van der Waals surface area contributed by atoms with Crippen LogP contribution in [-0.2, 0) is 4.79 Å². The third-order valence-corrected chi connectivity index (χ3v) is 10.0. The predicted molar refractivity (Wildman–Crippen MR) is 207 cm³/mol. The van der Waals surface area contributed by atoms with Crippen molar-refractivity contribution in [1.29, 1.82) is 0 Å². The number of hydrogen-bond acceptors (Lipinski definition) is 3. The van der Waals surface area contributed by atoms with Crippen LogP contribution < -0.4 is 5.32 Å². The minimum absolute atomic E-state index is 0.0609. The van der Waals surface area contributed by atoms with E-state index in [0.717, 1.165) is 25.7 Å². The molecule has 0 aliphatic carbocycles. The Balaban J connectivity index is 3.46. The highest BCUT2D eigenvalue weighted by molar-refractivity contribution is 5.76. The minimum atomic E-state index is -0.832. The van der Waals surface area contributed by atoms with Crippen LogP contribution in [0.3, 0.4) is 0 Å². The molecule has 0 aromatic rings. The van der Waals surface area contributed by atoms with Gasteiger partial charge in [-0.1, -0.05) is 225 Å². The number of carbonyl (C=O) groups excluding carboxylic acids is 1. The normalized spacial score (nSPS) is 13.0. The van der Waals surface area contributed by atoms with Crippen molar-refractivity contribution in [2.24, 2.45) is 0 Å². The molecule has 0 rings (SSSR count). The van der Waals surface area contributed by atoms with Crippen LogP contribution >= 0.6 is 0 Å². The molecule has 0 aliphatic heterocycles. The van der Waals surface area contributed by atoms with E-state index < -0.39 is 12.1 Å². The van der Waals surface area contributed by atoms with Gasteiger partial charge >= 0.3 is 0 Å². The number of aliphatic hydroxyl groups is 2. The van der Waals surface area contributed by atoms with Crippen LogP contribution in [0.4, 0.5) is 0 Å². The van der Waals surface area contributed by atoms with E-state index in [2.05, 4.69) is 19.2 Å². The molecule has 0 spiro atoms. The molecule has 2 atom stereocenters. The Morgan fingerprint density at radius 1 is 0.489 bits per heavy atom. The zero-order valence-corrected chi connectivity index (χ0v) is 32.1. The number of aliphatic hydroxyl groups excluding tert-OH is 2. The monoisotopic (exact) mass is 664 g/mol. The smallest absolute Gasteiger partial charge is 0.220 e. The third kappa shape index (κ3) is 36.2. The molecule has 47 heavy (non-hydrogen) atoms. The van der Waals surface area contributed by atoms with Gasteiger partial charge in [0.25, 0.3) is 0 Å². The summed E-state index contributed by atoms with van der Waals surface area (Å²) in [7, 11) is 0. The predicted octanol–water partition coefficient (Wildman–Crippen LogP) is 13.1. The molecule has 280 valence electrons. The number of rotatable bonds is 39. The number of amides is 1. The molecule has 4 nitrogen and oxygen atoms in total. The van der Waals surface area contributed by atoms with Crippen LogP contribution in [-0.4, -0.2) is 34.9 Å². The number of hydrogen-bond donors (Lipinski definition) is 3. The van der Waals surface area contributed by atoms with Gasteiger partial charge in [-0.2, -0.15) is 0 Å². The number of unbranched alkanes of at least 4 members (excludes halogenated alkanes) is 32. The average Bonchev–Trinajstić information content (AvgIpc) is 3.07. The Kier molecular flexibility index (Phi) is 38.8. The van der Waals surface area contributed by atoms with Gasteiger partial charge in [0, 0.05) is 6.42 Å². The average molecular weight is 664 g/mol. The molecule has 0 saturated heterocycles. The molecule has 1 amide bonds. The van der Waals surface area contributed by atoms with Crippen LogP contribution in [0, 0.1) is 0 Å². The molecule has 3 N–H and O–H groups in total. The van der Waals surface area contributed by atoms with Crippen LogP contribution in [0.5, 0.6) is 0 Å². The molecule has 4 heteroatoms. The first-order valence-corrected chi connectivity index (χ1v) is 21.4. The fourth-order valence-electron chi connectivity index (χ4n) is 6.71. The van der Waals surface area contributed by atoms with E-state index in [1.807, 2.05) is 6.08 Å². The molecule has 0 heterocycles. The first-order chi connectivity index (χ1) is 23.2. The van der Waals surface area contributed by atoms with Gasteiger partial charge in [-0.05, 0) is 19.3 Å². The van der Waals surface area contributed by atoms with Crippen molar-refractivity contribution in [3.63, 3.8) is 0 Å². The molecular formula is C43H85NO3. The van der Waals surface area contributed by atoms with Gasteiger partial charge in [-0.3, -0.25) is 4.79 Å². The van der Waals surface area contributed by atoms with Crippen LogP contribution in [0.25, 0.3) is 0 Å². The lowest BCUT2D eigenvalue weighted by atomic mass is 10.0. The summed E-state index contributed by atoms with van der Waals surface area (Å²) < 4.78 is 0. The molecule has 0 unspecified atom stereocenters. The highest BCUT2D eigenvalue weighted by atomic mass is 16.3. The van der Waals surface area contributed by atoms with Gasteiger partial charge in [0.1, 0.15) is 0 Å². The molecule has 0 aliphatic rings. The lowest BCUT2D eigenvalue weighted by Crippen LogP contribution is -2.45. The maximum absolute atomic E-state index is 12.3. The zero-order chi connectivity index (χ0) is 34.3.